The molecule has 30 heavy (non-hydrogen) atoms. The first-order valence-electron chi connectivity index (χ1n) is 10.4. The average molecular weight is 406 g/mol. The lowest BCUT2D eigenvalue weighted by Gasteiger charge is -2.18. The molecule has 0 aliphatic carbocycles. The topological polar surface area (TPSA) is 47.4 Å². The lowest BCUT2D eigenvalue weighted by molar-refractivity contribution is 0.0784. The number of carbonyl (C=O) groups is 1. The van der Waals surface area contributed by atoms with Gasteiger partial charge in [0.25, 0.3) is 5.91 Å². The minimum atomic E-state index is 0.000245. The number of nitrogens with zero attached hydrogens (tertiary/aromatic N) is 3. The SMILES string of the molecule is CCn1nc(C)c(CN(C)C(=O)c2ccc(COc3c(C)cccc3C)cc2)c1C. The molecular formula is C25H31N3O2. The van der Waals surface area contributed by atoms with Crippen LogP contribution in [0.4, 0.5) is 0 Å². The van der Waals surface area contributed by atoms with Gasteiger partial charge in [-0.05, 0) is 63.4 Å². The van der Waals surface area contributed by atoms with Crippen LogP contribution < -0.4 is 4.74 Å². The summed E-state index contributed by atoms with van der Waals surface area (Å²) in [6.07, 6.45) is 0. The minimum absolute atomic E-state index is 0.000245. The second-order valence-corrected chi connectivity index (χ2v) is 7.83. The molecule has 5 heteroatoms. The average Bonchev–Trinajstić information content (AvgIpc) is 3.00. The van der Waals surface area contributed by atoms with E-state index in [0.29, 0.717) is 18.7 Å². The third kappa shape index (κ3) is 4.56. The number of benzene rings is 2. The molecule has 0 atom stereocenters. The van der Waals surface area contributed by atoms with E-state index in [2.05, 4.69) is 18.9 Å². The molecule has 0 bridgehead atoms. The van der Waals surface area contributed by atoms with E-state index in [-0.39, 0.29) is 5.91 Å². The summed E-state index contributed by atoms with van der Waals surface area (Å²) in [5, 5.41) is 4.55. The van der Waals surface area contributed by atoms with E-state index in [9.17, 15) is 4.79 Å². The fourth-order valence-electron chi connectivity index (χ4n) is 3.73. The molecule has 0 aliphatic rings. The van der Waals surface area contributed by atoms with Crippen LogP contribution >= 0.6 is 0 Å². The van der Waals surface area contributed by atoms with E-state index in [4.69, 9.17) is 4.74 Å². The summed E-state index contributed by atoms with van der Waals surface area (Å²) in [5.41, 5.74) is 7.17. The highest BCUT2D eigenvalue weighted by atomic mass is 16.5. The number of carbonyl (C=O) groups excluding carboxylic acids is 1. The molecule has 0 unspecified atom stereocenters. The Morgan fingerprint density at radius 3 is 2.23 bits per heavy atom. The number of ether oxygens (including phenoxy) is 1. The van der Waals surface area contributed by atoms with Gasteiger partial charge < -0.3 is 9.64 Å². The Morgan fingerprint density at radius 2 is 1.67 bits per heavy atom. The van der Waals surface area contributed by atoms with Crippen molar-refractivity contribution < 1.29 is 9.53 Å². The van der Waals surface area contributed by atoms with E-state index in [1.165, 1.54) is 0 Å². The van der Waals surface area contributed by atoms with Gasteiger partial charge in [0.1, 0.15) is 12.4 Å². The summed E-state index contributed by atoms with van der Waals surface area (Å²) in [7, 11) is 1.84. The highest BCUT2D eigenvalue weighted by Gasteiger charge is 2.17. The Labute approximate surface area is 179 Å². The van der Waals surface area contributed by atoms with Crippen LogP contribution in [0.3, 0.4) is 0 Å². The Balaban J connectivity index is 1.65. The smallest absolute Gasteiger partial charge is 0.253 e. The molecule has 0 radical (unpaired) electrons. The Kier molecular flexibility index (Phi) is 6.60. The van der Waals surface area contributed by atoms with Gasteiger partial charge in [-0.2, -0.15) is 5.10 Å². The molecule has 0 saturated heterocycles. The zero-order valence-electron chi connectivity index (χ0n) is 18.8. The minimum Gasteiger partial charge on any atom is -0.488 e. The Bertz CT molecular complexity index is 1020. The fourth-order valence-corrected chi connectivity index (χ4v) is 3.73. The lowest BCUT2D eigenvalue weighted by atomic mass is 10.1. The second-order valence-electron chi connectivity index (χ2n) is 7.83. The van der Waals surface area contributed by atoms with E-state index in [1.54, 1.807) is 4.90 Å². The normalized spacial score (nSPS) is 10.9. The molecular weight excluding hydrogens is 374 g/mol. The number of hydrogen-bond donors (Lipinski definition) is 0. The summed E-state index contributed by atoms with van der Waals surface area (Å²) >= 11 is 0. The van der Waals surface area contributed by atoms with Crippen LogP contribution in [0.1, 0.15) is 50.9 Å². The van der Waals surface area contributed by atoms with Gasteiger partial charge in [0.15, 0.2) is 0 Å². The zero-order chi connectivity index (χ0) is 21.8. The number of aromatic nitrogens is 2. The molecule has 3 aromatic rings. The quantitative estimate of drug-likeness (QED) is 0.556. The van der Waals surface area contributed by atoms with Crippen molar-refractivity contribution in [1.29, 1.82) is 0 Å². The van der Waals surface area contributed by atoms with Crippen molar-refractivity contribution >= 4 is 5.91 Å². The molecule has 1 amide bonds. The molecule has 5 nitrogen and oxygen atoms in total. The Hall–Kier alpha value is -3.08. The summed E-state index contributed by atoms with van der Waals surface area (Å²) in [5.74, 6) is 0.927. The van der Waals surface area contributed by atoms with E-state index in [1.807, 2.05) is 75.0 Å². The van der Waals surface area contributed by atoms with Crippen LogP contribution in [-0.4, -0.2) is 27.6 Å². The van der Waals surface area contributed by atoms with Crippen molar-refractivity contribution in [2.24, 2.45) is 0 Å². The number of hydrogen-bond acceptors (Lipinski definition) is 3. The fraction of sp³-hybridized carbons (Fsp3) is 0.360. The maximum absolute atomic E-state index is 12.9. The predicted molar refractivity (Wildman–Crippen MR) is 120 cm³/mol. The first-order chi connectivity index (χ1) is 14.3. The summed E-state index contributed by atoms with van der Waals surface area (Å²) in [6.45, 7) is 12.1. The molecule has 0 fully saturated rings. The van der Waals surface area contributed by atoms with Gasteiger partial charge in [0.05, 0.1) is 5.69 Å². The highest BCUT2D eigenvalue weighted by molar-refractivity contribution is 5.94. The summed E-state index contributed by atoms with van der Waals surface area (Å²) in [6, 6.07) is 13.8. The first-order valence-corrected chi connectivity index (χ1v) is 10.4. The van der Waals surface area contributed by atoms with Crippen molar-refractivity contribution in [2.75, 3.05) is 7.05 Å². The van der Waals surface area contributed by atoms with Crippen LogP contribution in [0, 0.1) is 27.7 Å². The van der Waals surface area contributed by atoms with E-state index < -0.39 is 0 Å². The van der Waals surface area contributed by atoms with Crippen LogP contribution in [0.25, 0.3) is 0 Å². The molecule has 0 N–H and O–H groups in total. The van der Waals surface area contributed by atoms with Gasteiger partial charge in [0.2, 0.25) is 0 Å². The molecule has 0 aliphatic heterocycles. The zero-order valence-corrected chi connectivity index (χ0v) is 18.8. The number of aryl methyl sites for hydroxylation is 4. The van der Waals surface area contributed by atoms with Gasteiger partial charge in [-0.1, -0.05) is 30.3 Å². The number of rotatable bonds is 7. The van der Waals surface area contributed by atoms with Crippen molar-refractivity contribution in [1.82, 2.24) is 14.7 Å². The monoisotopic (exact) mass is 405 g/mol. The molecule has 1 heterocycles. The van der Waals surface area contributed by atoms with Crippen molar-refractivity contribution in [2.45, 2.75) is 54.3 Å². The maximum Gasteiger partial charge on any atom is 0.253 e. The molecule has 0 saturated carbocycles. The third-order valence-electron chi connectivity index (χ3n) is 5.57. The summed E-state index contributed by atoms with van der Waals surface area (Å²) < 4.78 is 8.00. The molecule has 0 spiro atoms. The predicted octanol–water partition coefficient (Wildman–Crippen LogP) is 4.99. The standard InChI is InChI=1S/C25H31N3O2/c1-7-28-20(5)23(19(4)26-28)15-27(6)25(29)22-13-11-21(12-14-22)16-30-24-17(2)9-8-10-18(24)3/h8-14H,7,15-16H2,1-6H3. The molecule has 3 rings (SSSR count). The maximum atomic E-state index is 12.9. The first kappa shape index (κ1) is 21.6. The van der Waals surface area contributed by atoms with Gasteiger partial charge in [0, 0.05) is 37.0 Å². The van der Waals surface area contributed by atoms with Gasteiger partial charge in [-0.3, -0.25) is 9.48 Å². The molecule has 2 aromatic carbocycles. The lowest BCUT2D eigenvalue weighted by Crippen LogP contribution is -2.26. The number of amides is 1. The van der Waals surface area contributed by atoms with Crippen LogP contribution in [0.2, 0.25) is 0 Å². The van der Waals surface area contributed by atoms with Gasteiger partial charge >= 0.3 is 0 Å². The van der Waals surface area contributed by atoms with Crippen molar-refractivity contribution in [3.63, 3.8) is 0 Å². The largest absolute Gasteiger partial charge is 0.488 e. The van der Waals surface area contributed by atoms with Crippen LogP contribution in [0.5, 0.6) is 5.75 Å². The highest BCUT2D eigenvalue weighted by Crippen LogP contribution is 2.23. The van der Waals surface area contributed by atoms with Gasteiger partial charge in [-0.15, -0.1) is 0 Å². The van der Waals surface area contributed by atoms with E-state index >= 15 is 0 Å². The van der Waals surface area contributed by atoms with Gasteiger partial charge in [-0.25, -0.2) is 0 Å². The van der Waals surface area contributed by atoms with Crippen LogP contribution in [0.15, 0.2) is 42.5 Å². The van der Waals surface area contributed by atoms with Crippen molar-refractivity contribution in [3.05, 3.63) is 81.7 Å². The van der Waals surface area contributed by atoms with E-state index in [0.717, 1.165) is 45.9 Å². The third-order valence-corrected chi connectivity index (χ3v) is 5.57. The summed E-state index contributed by atoms with van der Waals surface area (Å²) in [4.78, 5) is 14.6. The van der Waals surface area contributed by atoms with Crippen LogP contribution in [-0.2, 0) is 19.7 Å². The Morgan fingerprint density at radius 1 is 1.03 bits per heavy atom. The number of para-hydroxylation sites is 1. The second kappa shape index (κ2) is 9.16. The van der Waals surface area contributed by atoms with Crippen molar-refractivity contribution in [3.8, 4) is 5.75 Å². The molecule has 1 aromatic heterocycles. The molecule has 158 valence electrons.